The predicted molar refractivity (Wildman–Crippen MR) is 88.7 cm³/mol. The van der Waals surface area contributed by atoms with Crippen LogP contribution in [-0.4, -0.2) is 31.1 Å². The molecule has 0 unspecified atom stereocenters. The second kappa shape index (κ2) is 7.78. The Labute approximate surface area is 149 Å². The number of hydrogen-bond donors (Lipinski definition) is 1. The summed E-state index contributed by atoms with van der Waals surface area (Å²) in [4.78, 5) is 2.08. The predicted octanol–water partition coefficient (Wildman–Crippen LogP) is 4.37. The van der Waals surface area contributed by atoms with E-state index in [4.69, 9.17) is 16.0 Å². The van der Waals surface area contributed by atoms with Crippen LogP contribution in [0.5, 0.6) is 0 Å². The van der Waals surface area contributed by atoms with Gasteiger partial charge in [0.1, 0.15) is 5.76 Å². The van der Waals surface area contributed by atoms with Crippen LogP contribution >= 0.6 is 24.0 Å². The SMILES string of the molecule is Cl.FC(F)(F)c1ccc(Cl)c([C@H](c2ccco2)N2CCNCC2)c1. The fraction of sp³-hybridized carbons (Fsp3) is 0.375. The van der Waals surface area contributed by atoms with Gasteiger partial charge < -0.3 is 9.73 Å². The molecule has 0 aliphatic carbocycles. The van der Waals surface area contributed by atoms with Crippen LogP contribution in [0, 0.1) is 0 Å². The van der Waals surface area contributed by atoms with Crippen molar-refractivity contribution in [2.45, 2.75) is 12.2 Å². The number of nitrogens with zero attached hydrogens (tertiary/aromatic N) is 1. The van der Waals surface area contributed by atoms with E-state index in [9.17, 15) is 13.2 Å². The summed E-state index contributed by atoms with van der Waals surface area (Å²) < 4.78 is 44.7. The van der Waals surface area contributed by atoms with Crippen molar-refractivity contribution < 1.29 is 17.6 Å². The normalized spacial score (nSPS) is 17.3. The van der Waals surface area contributed by atoms with Gasteiger partial charge in [0.05, 0.1) is 17.9 Å². The van der Waals surface area contributed by atoms with E-state index in [1.807, 2.05) is 0 Å². The summed E-state index contributed by atoms with van der Waals surface area (Å²) >= 11 is 6.23. The van der Waals surface area contributed by atoms with Gasteiger partial charge in [0, 0.05) is 31.2 Å². The molecule has 1 aliphatic heterocycles. The summed E-state index contributed by atoms with van der Waals surface area (Å²) in [5, 5.41) is 3.53. The minimum atomic E-state index is -4.41. The molecule has 1 aromatic heterocycles. The number of rotatable bonds is 3. The Morgan fingerprint density at radius 1 is 1.17 bits per heavy atom. The lowest BCUT2D eigenvalue weighted by Crippen LogP contribution is -2.45. The maximum atomic E-state index is 13.1. The van der Waals surface area contributed by atoms with Crippen LogP contribution < -0.4 is 5.32 Å². The lowest BCUT2D eigenvalue weighted by atomic mass is 9.99. The zero-order valence-electron chi connectivity index (χ0n) is 12.6. The van der Waals surface area contributed by atoms with Gasteiger partial charge in [-0.3, -0.25) is 4.90 Å². The summed E-state index contributed by atoms with van der Waals surface area (Å²) in [7, 11) is 0. The summed E-state index contributed by atoms with van der Waals surface area (Å²) in [6.45, 7) is 2.96. The second-order valence-electron chi connectivity index (χ2n) is 5.44. The van der Waals surface area contributed by atoms with E-state index in [0.717, 1.165) is 25.2 Å². The number of hydrogen-bond acceptors (Lipinski definition) is 3. The molecule has 0 spiro atoms. The fourth-order valence-electron chi connectivity index (χ4n) is 2.85. The first kappa shape index (κ1) is 19.1. The van der Waals surface area contributed by atoms with E-state index in [2.05, 4.69) is 10.2 Å². The van der Waals surface area contributed by atoms with E-state index in [1.54, 1.807) is 12.1 Å². The first-order chi connectivity index (χ1) is 11.0. The Hall–Kier alpha value is -1.21. The molecule has 2 heterocycles. The van der Waals surface area contributed by atoms with Crippen molar-refractivity contribution in [1.29, 1.82) is 0 Å². The Bertz CT molecular complexity index is 656. The summed E-state index contributed by atoms with van der Waals surface area (Å²) in [6.07, 6.45) is -2.89. The minimum Gasteiger partial charge on any atom is -0.467 e. The Kier molecular flexibility index (Phi) is 6.20. The van der Waals surface area contributed by atoms with Gasteiger partial charge in [-0.2, -0.15) is 13.2 Å². The molecule has 1 aliphatic rings. The molecule has 24 heavy (non-hydrogen) atoms. The molecule has 0 bridgehead atoms. The fourth-order valence-corrected chi connectivity index (χ4v) is 3.07. The first-order valence-corrected chi connectivity index (χ1v) is 7.69. The third kappa shape index (κ3) is 4.06. The highest BCUT2D eigenvalue weighted by atomic mass is 35.5. The molecule has 8 heteroatoms. The van der Waals surface area contributed by atoms with E-state index in [0.29, 0.717) is 29.4 Å². The number of nitrogens with one attached hydrogen (secondary N) is 1. The van der Waals surface area contributed by atoms with Crippen molar-refractivity contribution in [3.05, 3.63) is 58.5 Å². The largest absolute Gasteiger partial charge is 0.467 e. The highest BCUT2D eigenvalue weighted by molar-refractivity contribution is 6.31. The van der Waals surface area contributed by atoms with E-state index < -0.39 is 17.8 Å². The molecule has 132 valence electrons. The molecular weight excluding hydrogens is 364 g/mol. The quantitative estimate of drug-likeness (QED) is 0.856. The lowest BCUT2D eigenvalue weighted by Gasteiger charge is -2.34. The van der Waals surface area contributed by atoms with Crippen LogP contribution in [0.4, 0.5) is 13.2 Å². The highest BCUT2D eigenvalue weighted by Gasteiger charge is 2.34. The monoisotopic (exact) mass is 380 g/mol. The molecule has 1 saturated heterocycles. The average molecular weight is 381 g/mol. The van der Waals surface area contributed by atoms with E-state index in [1.165, 1.54) is 12.3 Å². The van der Waals surface area contributed by atoms with Crippen molar-refractivity contribution >= 4 is 24.0 Å². The lowest BCUT2D eigenvalue weighted by molar-refractivity contribution is -0.137. The molecule has 3 nitrogen and oxygen atoms in total. The molecule has 1 N–H and O–H groups in total. The smallest absolute Gasteiger partial charge is 0.416 e. The van der Waals surface area contributed by atoms with Gasteiger partial charge in [-0.25, -0.2) is 0 Å². The van der Waals surface area contributed by atoms with Crippen molar-refractivity contribution in [2.75, 3.05) is 26.2 Å². The number of piperazine rings is 1. The molecule has 1 aromatic carbocycles. The summed E-state index contributed by atoms with van der Waals surface area (Å²) in [5.74, 6) is 0.591. The minimum absolute atomic E-state index is 0. The van der Waals surface area contributed by atoms with Gasteiger partial charge in [-0.15, -0.1) is 12.4 Å². The van der Waals surface area contributed by atoms with E-state index >= 15 is 0 Å². The molecular formula is C16H17Cl2F3N2O. The third-order valence-electron chi connectivity index (χ3n) is 3.95. The molecule has 2 aromatic rings. The van der Waals surface area contributed by atoms with Crippen LogP contribution in [0.25, 0.3) is 0 Å². The van der Waals surface area contributed by atoms with Crippen LogP contribution in [0.3, 0.4) is 0 Å². The molecule has 3 rings (SSSR count). The highest BCUT2D eigenvalue weighted by Crippen LogP contribution is 2.38. The topological polar surface area (TPSA) is 28.4 Å². The standard InChI is InChI=1S/C16H16ClF3N2O.ClH/c17-13-4-3-11(16(18,19)20)10-12(13)15(14-2-1-9-23-14)22-7-5-21-6-8-22;/h1-4,9-10,15,21H,5-8H2;1H/t15-;/m1./s1. The van der Waals surface area contributed by atoms with Gasteiger partial charge in [-0.1, -0.05) is 11.6 Å². The second-order valence-corrected chi connectivity index (χ2v) is 5.85. The Morgan fingerprint density at radius 2 is 1.88 bits per heavy atom. The van der Waals surface area contributed by atoms with Crippen LogP contribution in [0.1, 0.15) is 22.9 Å². The van der Waals surface area contributed by atoms with Crippen molar-refractivity contribution in [3.8, 4) is 0 Å². The Morgan fingerprint density at radius 3 is 2.46 bits per heavy atom. The molecule has 0 amide bonds. The first-order valence-electron chi connectivity index (χ1n) is 7.31. The van der Waals surface area contributed by atoms with Crippen LogP contribution in [0.2, 0.25) is 5.02 Å². The van der Waals surface area contributed by atoms with Gasteiger partial charge in [-0.05, 0) is 35.9 Å². The van der Waals surface area contributed by atoms with Gasteiger partial charge in [0.2, 0.25) is 0 Å². The summed E-state index contributed by atoms with van der Waals surface area (Å²) in [5.41, 5.74) is -0.290. The van der Waals surface area contributed by atoms with Gasteiger partial charge >= 0.3 is 6.18 Å². The zero-order valence-corrected chi connectivity index (χ0v) is 14.2. The van der Waals surface area contributed by atoms with Gasteiger partial charge in [0.25, 0.3) is 0 Å². The molecule has 1 fully saturated rings. The molecule has 1 atom stereocenters. The van der Waals surface area contributed by atoms with Crippen molar-refractivity contribution in [2.24, 2.45) is 0 Å². The van der Waals surface area contributed by atoms with Crippen molar-refractivity contribution in [1.82, 2.24) is 10.2 Å². The number of alkyl halides is 3. The maximum absolute atomic E-state index is 13.1. The van der Waals surface area contributed by atoms with E-state index in [-0.39, 0.29) is 12.4 Å². The Balaban J connectivity index is 0.00000208. The number of benzene rings is 1. The van der Waals surface area contributed by atoms with Crippen molar-refractivity contribution in [3.63, 3.8) is 0 Å². The van der Waals surface area contributed by atoms with Crippen LogP contribution in [-0.2, 0) is 6.18 Å². The number of furan rings is 1. The molecule has 0 radical (unpaired) electrons. The molecule has 0 saturated carbocycles. The van der Waals surface area contributed by atoms with Crippen LogP contribution in [0.15, 0.2) is 41.0 Å². The third-order valence-corrected chi connectivity index (χ3v) is 4.29. The number of halogens is 5. The summed E-state index contributed by atoms with van der Waals surface area (Å²) in [6, 6.07) is 6.50. The zero-order chi connectivity index (χ0) is 16.4. The maximum Gasteiger partial charge on any atom is 0.416 e. The van der Waals surface area contributed by atoms with Gasteiger partial charge in [0.15, 0.2) is 0 Å². The average Bonchev–Trinajstić information content (AvgIpc) is 3.03.